The molecule has 0 heterocycles. The molecule has 0 atom stereocenters. The second kappa shape index (κ2) is 7.51. The Morgan fingerprint density at radius 3 is 2.16 bits per heavy atom. The van der Waals surface area contributed by atoms with Crippen molar-refractivity contribution in [2.75, 3.05) is 27.9 Å². The first-order valence-corrected chi connectivity index (χ1v) is 6.26. The number of nitrogens with one attached hydrogen (secondary N) is 1. The molecule has 19 heavy (non-hydrogen) atoms. The van der Waals surface area contributed by atoms with E-state index in [2.05, 4.69) is 12.2 Å². The second-order valence-electron chi connectivity index (χ2n) is 4.02. The van der Waals surface area contributed by atoms with Crippen molar-refractivity contribution in [3.63, 3.8) is 0 Å². The van der Waals surface area contributed by atoms with Gasteiger partial charge in [-0.2, -0.15) is 0 Å². The van der Waals surface area contributed by atoms with E-state index in [1.807, 2.05) is 0 Å². The number of carbonyl (C=O) groups is 1. The van der Waals surface area contributed by atoms with E-state index in [0.717, 1.165) is 12.8 Å². The topological polar surface area (TPSA) is 56.8 Å². The Bertz CT molecular complexity index is 432. The molecule has 106 valence electrons. The van der Waals surface area contributed by atoms with Gasteiger partial charge in [0.25, 0.3) is 5.91 Å². The van der Waals surface area contributed by atoms with Crippen molar-refractivity contribution in [3.8, 4) is 17.2 Å². The number of carbonyl (C=O) groups excluding carboxylic acids is 1. The van der Waals surface area contributed by atoms with Crippen LogP contribution in [0.2, 0.25) is 0 Å². The van der Waals surface area contributed by atoms with Crippen LogP contribution in [0.25, 0.3) is 0 Å². The number of ether oxygens (including phenoxy) is 3. The predicted octanol–water partition coefficient (Wildman–Crippen LogP) is 2.24. The SMILES string of the molecule is CCCCNC(=O)c1cc(OC)c(OC)cc1OC. The number of rotatable bonds is 7. The Morgan fingerprint density at radius 2 is 1.63 bits per heavy atom. The van der Waals surface area contributed by atoms with Crippen molar-refractivity contribution in [1.29, 1.82) is 0 Å². The Hall–Kier alpha value is -1.91. The molecule has 0 unspecified atom stereocenters. The predicted molar refractivity (Wildman–Crippen MR) is 73.3 cm³/mol. The summed E-state index contributed by atoms with van der Waals surface area (Å²) in [6.07, 6.45) is 1.98. The standard InChI is InChI=1S/C14H21NO4/c1-5-6-7-15-14(16)10-8-12(18-3)13(19-4)9-11(10)17-2/h8-9H,5-7H2,1-4H3,(H,15,16). The van der Waals surface area contributed by atoms with E-state index >= 15 is 0 Å². The maximum Gasteiger partial charge on any atom is 0.255 e. The minimum absolute atomic E-state index is 0.175. The van der Waals surface area contributed by atoms with E-state index in [1.54, 1.807) is 12.1 Å². The van der Waals surface area contributed by atoms with Gasteiger partial charge in [-0.1, -0.05) is 13.3 Å². The van der Waals surface area contributed by atoms with Gasteiger partial charge in [0.1, 0.15) is 5.75 Å². The average Bonchev–Trinajstić information content (AvgIpc) is 2.45. The van der Waals surface area contributed by atoms with E-state index in [0.29, 0.717) is 29.4 Å². The van der Waals surface area contributed by atoms with Crippen LogP contribution < -0.4 is 19.5 Å². The summed E-state index contributed by atoms with van der Waals surface area (Å²) in [6.45, 7) is 2.72. The first kappa shape index (κ1) is 15.1. The molecule has 1 N–H and O–H groups in total. The summed E-state index contributed by atoms with van der Waals surface area (Å²) in [5.41, 5.74) is 0.441. The molecule has 0 aromatic heterocycles. The maximum absolute atomic E-state index is 12.1. The number of methoxy groups -OCH3 is 3. The Labute approximate surface area is 113 Å². The summed E-state index contributed by atoms with van der Waals surface area (Å²) in [5.74, 6) is 1.33. The van der Waals surface area contributed by atoms with Crippen molar-refractivity contribution in [1.82, 2.24) is 5.32 Å². The Kier molecular flexibility index (Phi) is 5.99. The van der Waals surface area contributed by atoms with Crippen molar-refractivity contribution in [2.45, 2.75) is 19.8 Å². The third kappa shape index (κ3) is 3.77. The number of amides is 1. The first-order valence-electron chi connectivity index (χ1n) is 6.26. The lowest BCUT2D eigenvalue weighted by Crippen LogP contribution is -2.24. The molecule has 5 nitrogen and oxygen atoms in total. The average molecular weight is 267 g/mol. The summed E-state index contributed by atoms with van der Waals surface area (Å²) < 4.78 is 15.6. The molecule has 1 amide bonds. The zero-order valence-electron chi connectivity index (χ0n) is 11.9. The van der Waals surface area contributed by atoms with Crippen molar-refractivity contribution in [3.05, 3.63) is 17.7 Å². The molecule has 1 aromatic carbocycles. The van der Waals surface area contributed by atoms with Crippen molar-refractivity contribution >= 4 is 5.91 Å². The van der Waals surface area contributed by atoms with Gasteiger partial charge in [-0.05, 0) is 6.42 Å². The maximum atomic E-state index is 12.1. The van der Waals surface area contributed by atoms with Gasteiger partial charge in [-0.3, -0.25) is 4.79 Å². The number of benzene rings is 1. The molecule has 0 spiro atoms. The Morgan fingerprint density at radius 1 is 1.05 bits per heavy atom. The van der Waals surface area contributed by atoms with Crippen LogP contribution in [-0.2, 0) is 0 Å². The van der Waals surface area contributed by atoms with Crippen LogP contribution in [0.4, 0.5) is 0 Å². The highest BCUT2D eigenvalue weighted by atomic mass is 16.5. The molecule has 5 heteroatoms. The molecule has 1 rings (SSSR count). The van der Waals surface area contributed by atoms with Gasteiger partial charge in [0, 0.05) is 18.7 Å². The molecule has 0 aliphatic heterocycles. The molecule has 0 saturated carbocycles. The van der Waals surface area contributed by atoms with Crippen LogP contribution in [-0.4, -0.2) is 33.8 Å². The minimum atomic E-state index is -0.175. The van der Waals surface area contributed by atoms with Gasteiger partial charge < -0.3 is 19.5 Å². The van der Waals surface area contributed by atoms with E-state index in [-0.39, 0.29) is 5.91 Å². The van der Waals surface area contributed by atoms with Gasteiger partial charge in [0.05, 0.1) is 26.9 Å². The van der Waals surface area contributed by atoms with Crippen LogP contribution in [0.5, 0.6) is 17.2 Å². The van der Waals surface area contributed by atoms with E-state index in [4.69, 9.17) is 14.2 Å². The molecule has 0 aliphatic carbocycles. The zero-order chi connectivity index (χ0) is 14.3. The highest BCUT2D eigenvalue weighted by Crippen LogP contribution is 2.34. The zero-order valence-corrected chi connectivity index (χ0v) is 11.9. The fourth-order valence-corrected chi connectivity index (χ4v) is 1.68. The highest BCUT2D eigenvalue weighted by molar-refractivity contribution is 5.97. The van der Waals surface area contributed by atoms with E-state index < -0.39 is 0 Å². The third-order valence-electron chi connectivity index (χ3n) is 2.77. The summed E-state index contributed by atoms with van der Waals surface area (Å²) in [4.78, 5) is 12.1. The van der Waals surface area contributed by atoms with Gasteiger partial charge in [-0.15, -0.1) is 0 Å². The van der Waals surface area contributed by atoms with Crippen LogP contribution in [0.15, 0.2) is 12.1 Å². The molecule has 0 fully saturated rings. The second-order valence-corrected chi connectivity index (χ2v) is 4.02. The van der Waals surface area contributed by atoms with Gasteiger partial charge in [0.15, 0.2) is 11.5 Å². The molecular formula is C14H21NO4. The van der Waals surface area contributed by atoms with Crippen LogP contribution in [0, 0.1) is 0 Å². The lowest BCUT2D eigenvalue weighted by atomic mass is 10.1. The van der Waals surface area contributed by atoms with Crippen molar-refractivity contribution in [2.24, 2.45) is 0 Å². The summed E-state index contributed by atoms with van der Waals surface area (Å²) in [5, 5.41) is 2.85. The van der Waals surface area contributed by atoms with Gasteiger partial charge in [-0.25, -0.2) is 0 Å². The van der Waals surface area contributed by atoms with E-state index in [9.17, 15) is 4.79 Å². The van der Waals surface area contributed by atoms with Crippen LogP contribution in [0.1, 0.15) is 30.1 Å². The Balaban J connectivity index is 3.00. The lowest BCUT2D eigenvalue weighted by molar-refractivity contribution is 0.0949. The molecular weight excluding hydrogens is 246 g/mol. The number of unbranched alkanes of at least 4 members (excludes halogenated alkanes) is 1. The summed E-state index contributed by atoms with van der Waals surface area (Å²) in [6, 6.07) is 3.27. The summed E-state index contributed by atoms with van der Waals surface area (Å²) in [7, 11) is 4.59. The molecule has 0 saturated heterocycles. The smallest absolute Gasteiger partial charge is 0.255 e. The van der Waals surface area contributed by atoms with Gasteiger partial charge >= 0.3 is 0 Å². The fraction of sp³-hybridized carbons (Fsp3) is 0.500. The summed E-state index contributed by atoms with van der Waals surface area (Å²) >= 11 is 0. The van der Waals surface area contributed by atoms with Crippen LogP contribution >= 0.6 is 0 Å². The first-order chi connectivity index (χ1) is 9.17. The minimum Gasteiger partial charge on any atom is -0.496 e. The monoisotopic (exact) mass is 267 g/mol. The van der Waals surface area contributed by atoms with Gasteiger partial charge in [0.2, 0.25) is 0 Å². The van der Waals surface area contributed by atoms with Crippen molar-refractivity contribution < 1.29 is 19.0 Å². The largest absolute Gasteiger partial charge is 0.496 e. The molecule has 0 bridgehead atoms. The highest BCUT2D eigenvalue weighted by Gasteiger charge is 2.17. The molecule has 0 radical (unpaired) electrons. The van der Waals surface area contributed by atoms with Crippen LogP contribution in [0.3, 0.4) is 0 Å². The quantitative estimate of drug-likeness (QED) is 0.770. The fourth-order valence-electron chi connectivity index (χ4n) is 1.68. The normalized spacial score (nSPS) is 9.89. The molecule has 1 aromatic rings. The number of hydrogen-bond acceptors (Lipinski definition) is 4. The van der Waals surface area contributed by atoms with E-state index in [1.165, 1.54) is 21.3 Å². The lowest BCUT2D eigenvalue weighted by Gasteiger charge is -2.13. The molecule has 0 aliphatic rings. The third-order valence-corrected chi connectivity index (χ3v) is 2.77. The number of hydrogen-bond donors (Lipinski definition) is 1.